The first-order valence-corrected chi connectivity index (χ1v) is 11.7. The molecule has 1 atom stereocenters. The summed E-state index contributed by atoms with van der Waals surface area (Å²) < 4.78 is 1.23. The average molecular weight is 420 g/mol. The summed E-state index contributed by atoms with van der Waals surface area (Å²) in [7, 11) is 0. The van der Waals surface area contributed by atoms with E-state index < -0.39 is 0 Å². The number of amides is 1. The van der Waals surface area contributed by atoms with Crippen LogP contribution in [0.3, 0.4) is 0 Å². The maximum absolute atomic E-state index is 12.8. The number of nitrogens with zero attached hydrogens (tertiary/aromatic N) is 3. The Labute approximate surface area is 178 Å². The van der Waals surface area contributed by atoms with E-state index in [0.717, 1.165) is 52.4 Å². The summed E-state index contributed by atoms with van der Waals surface area (Å²) in [5.41, 5.74) is 2.03. The number of piperidine rings is 1. The van der Waals surface area contributed by atoms with Crippen molar-refractivity contribution in [3.63, 3.8) is 0 Å². The number of para-hydroxylation sites is 2. The molecular formula is C23H21N3OS2. The molecule has 4 nitrogen and oxygen atoms in total. The molecule has 0 aliphatic carbocycles. The second kappa shape index (κ2) is 8.13. The molecule has 29 heavy (non-hydrogen) atoms. The molecule has 4 aromatic rings. The van der Waals surface area contributed by atoms with Gasteiger partial charge in [0.05, 0.1) is 31.5 Å². The van der Waals surface area contributed by atoms with Gasteiger partial charge in [-0.3, -0.25) is 4.79 Å². The third kappa shape index (κ3) is 4.00. The molecule has 1 fully saturated rings. The van der Waals surface area contributed by atoms with Crippen molar-refractivity contribution in [1.82, 2.24) is 14.9 Å². The van der Waals surface area contributed by atoms with Crippen molar-refractivity contribution < 1.29 is 4.79 Å². The summed E-state index contributed by atoms with van der Waals surface area (Å²) >= 11 is 3.29. The number of pyridine rings is 1. The Balaban J connectivity index is 1.24. The van der Waals surface area contributed by atoms with Crippen molar-refractivity contribution in [3.8, 4) is 0 Å². The molecule has 5 rings (SSSR count). The van der Waals surface area contributed by atoms with E-state index in [1.165, 1.54) is 16.5 Å². The Kier molecular flexibility index (Phi) is 5.21. The molecule has 146 valence electrons. The molecule has 0 bridgehead atoms. The fourth-order valence-electron chi connectivity index (χ4n) is 3.82. The number of carbonyl (C=O) groups excluding carboxylic acids is 1. The number of likely N-dealkylation sites (tertiary alicyclic amines) is 1. The molecule has 2 aromatic heterocycles. The van der Waals surface area contributed by atoms with Crippen LogP contribution in [0.15, 0.2) is 65.7 Å². The molecule has 3 heterocycles. The number of hydrogen-bond donors (Lipinski definition) is 0. The summed E-state index contributed by atoms with van der Waals surface area (Å²) in [5, 5.41) is 3.18. The van der Waals surface area contributed by atoms with Crippen LogP contribution in [-0.2, 0) is 4.79 Å². The van der Waals surface area contributed by atoms with Gasteiger partial charge in [0.1, 0.15) is 0 Å². The van der Waals surface area contributed by atoms with Crippen molar-refractivity contribution in [1.29, 1.82) is 0 Å². The van der Waals surface area contributed by atoms with E-state index >= 15 is 0 Å². The lowest BCUT2D eigenvalue weighted by Crippen LogP contribution is -2.40. The van der Waals surface area contributed by atoms with Gasteiger partial charge >= 0.3 is 0 Å². The Bertz CT molecular complexity index is 1140. The zero-order valence-corrected chi connectivity index (χ0v) is 17.6. The van der Waals surface area contributed by atoms with Crippen LogP contribution in [0.1, 0.15) is 23.8 Å². The van der Waals surface area contributed by atoms with Crippen LogP contribution in [0, 0.1) is 0 Å². The minimum atomic E-state index is 0.191. The van der Waals surface area contributed by atoms with Gasteiger partial charge in [0.2, 0.25) is 5.91 Å². The highest BCUT2D eigenvalue weighted by atomic mass is 32.2. The van der Waals surface area contributed by atoms with Crippen molar-refractivity contribution in [2.45, 2.75) is 23.8 Å². The number of thioether (sulfide) groups is 1. The van der Waals surface area contributed by atoms with E-state index in [-0.39, 0.29) is 5.91 Å². The van der Waals surface area contributed by atoms with Gasteiger partial charge in [0.15, 0.2) is 0 Å². The van der Waals surface area contributed by atoms with Gasteiger partial charge in [0.25, 0.3) is 0 Å². The quantitative estimate of drug-likeness (QED) is 0.419. The maximum atomic E-state index is 12.8. The first-order valence-electron chi connectivity index (χ1n) is 9.88. The summed E-state index contributed by atoms with van der Waals surface area (Å²) in [4.78, 5) is 24.3. The summed E-state index contributed by atoms with van der Waals surface area (Å²) in [6.45, 7) is 1.61. The number of rotatable bonds is 4. The van der Waals surface area contributed by atoms with Gasteiger partial charge in [-0.25, -0.2) is 9.97 Å². The third-order valence-corrected chi connectivity index (χ3v) is 7.46. The van der Waals surface area contributed by atoms with Crippen molar-refractivity contribution >= 4 is 50.1 Å². The van der Waals surface area contributed by atoms with Crippen LogP contribution in [0.25, 0.3) is 21.1 Å². The van der Waals surface area contributed by atoms with E-state index in [4.69, 9.17) is 4.98 Å². The summed E-state index contributed by atoms with van der Waals surface area (Å²) in [6, 6.07) is 20.4. The summed E-state index contributed by atoms with van der Waals surface area (Å²) in [6.07, 6.45) is 2.13. The maximum Gasteiger partial charge on any atom is 0.233 e. The predicted molar refractivity (Wildman–Crippen MR) is 121 cm³/mol. The number of aromatic nitrogens is 2. The van der Waals surface area contributed by atoms with E-state index in [1.54, 1.807) is 11.3 Å². The molecule has 2 aromatic carbocycles. The fraction of sp³-hybridized carbons (Fsp3) is 0.261. The Morgan fingerprint density at radius 2 is 1.86 bits per heavy atom. The monoisotopic (exact) mass is 419 g/mol. The molecule has 1 saturated heterocycles. The van der Waals surface area contributed by atoms with Gasteiger partial charge in [0, 0.05) is 24.4 Å². The number of carbonyl (C=O) groups is 1. The number of fused-ring (bicyclic) bond motifs is 2. The fourth-order valence-corrected chi connectivity index (χ4v) is 5.70. The highest BCUT2D eigenvalue weighted by Crippen LogP contribution is 2.33. The van der Waals surface area contributed by atoms with Crippen LogP contribution in [0.4, 0.5) is 0 Å². The lowest BCUT2D eigenvalue weighted by atomic mass is 9.99. The van der Waals surface area contributed by atoms with E-state index in [2.05, 4.69) is 35.3 Å². The molecule has 0 saturated carbocycles. The predicted octanol–water partition coefficient (Wildman–Crippen LogP) is 5.34. The van der Waals surface area contributed by atoms with Crippen molar-refractivity contribution in [2.24, 2.45) is 0 Å². The molecule has 0 unspecified atom stereocenters. The number of benzene rings is 2. The minimum Gasteiger partial charge on any atom is -0.341 e. The molecule has 1 aliphatic rings. The smallest absolute Gasteiger partial charge is 0.233 e. The Morgan fingerprint density at radius 3 is 2.76 bits per heavy atom. The third-order valence-electron chi connectivity index (χ3n) is 5.35. The standard InChI is InChI=1S/C23H21N3OS2/c27-22(15-28-21-12-11-16-6-1-2-8-18(16)24-21)26-13-5-7-17(14-26)23-25-19-9-3-4-10-20(19)29-23/h1-4,6,8-12,17H,5,7,13-15H2/t17-/m0/s1. The lowest BCUT2D eigenvalue weighted by Gasteiger charge is -2.31. The summed E-state index contributed by atoms with van der Waals surface area (Å²) in [5.74, 6) is 0.961. The first kappa shape index (κ1) is 18.6. The molecular weight excluding hydrogens is 398 g/mol. The SMILES string of the molecule is O=C(CSc1ccc2ccccc2n1)N1CCC[C@H](c2nc3ccccc3s2)C1. The second-order valence-electron chi connectivity index (χ2n) is 7.33. The highest BCUT2D eigenvalue weighted by molar-refractivity contribution is 7.99. The number of hydrogen-bond acceptors (Lipinski definition) is 5. The van der Waals surface area contributed by atoms with Gasteiger partial charge < -0.3 is 4.90 Å². The molecule has 0 radical (unpaired) electrons. The first-order chi connectivity index (χ1) is 14.3. The van der Waals surface area contributed by atoms with Crippen LogP contribution in [-0.4, -0.2) is 39.6 Å². The van der Waals surface area contributed by atoms with Gasteiger partial charge in [-0.2, -0.15) is 0 Å². The average Bonchev–Trinajstić information content (AvgIpc) is 3.22. The Hall–Kier alpha value is -2.44. The zero-order chi connectivity index (χ0) is 19.6. The van der Waals surface area contributed by atoms with Gasteiger partial charge in [-0.1, -0.05) is 48.2 Å². The van der Waals surface area contributed by atoms with Crippen molar-refractivity contribution in [3.05, 3.63) is 65.7 Å². The topological polar surface area (TPSA) is 46.1 Å². The van der Waals surface area contributed by atoms with Crippen LogP contribution in [0.5, 0.6) is 0 Å². The van der Waals surface area contributed by atoms with Crippen LogP contribution in [0.2, 0.25) is 0 Å². The number of thiazole rings is 1. The van der Waals surface area contributed by atoms with Crippen LogP contribution < -0.4 is 0 Å². The van der Waals surface area contributed by atoms with Crippen LogP contribution >= 0.6 is 23.1 Å². The second-order valence-corrected chi connectivity index (χ2v) is 9.39. The minimum absolute atomic E-state index is 0.191. The Morgan fingerprint density at radius 1 is 1.03 bits per heavy atom. The van der Waals surface area contributed by atoms with Gasteiger partial charge in [-0.15, -0.1) is 11.3 Å². The lowest BCUT2D eigenvalue weighted by molar-refractivity contribution is -0.129. The zero-order valence-electron chi connectivity index (χ0n) is 16.0. The molecule has 0 N–H and O–H groups in total. The normalized spacial score (nSPS) is 17.1. The largest absolute Gasteiger partial charge is 0.341 e. The molecule has 6 heteroatoms. The molecule has 1 aliphatic heterocycles. The highest BCUT2D eigenvalue weighted by Gasteiger charge is 2.27. The van der Waals surface area contributed by atoms with E-state index in [1.807, 2.05) is 35.2 Å². The van der Waals surface area contributed by atoms with Crippen molar-refractivity contribution in [2.75, 3.05) is 18.8 Å². The molecule has 0 spiro atoms. The van der Waals surface area contributed by atoms with E-state index in [0.29, 0.717) is 11.7 Å². The van der Waals surface area contributed by atoms with E-state index in [9.17, 15) is 4.79 Å². The molecule has 1 amide bonds. The van der Waals surface area contributed by atoms with Gasteiger partial charge in [-0.05, 0) is 37.1 Å².